The van der Waals surface area contributed by atoms with Crippen molar-refractivity contribution in [2.45, 2.75) is 24.5 Å². The van der Waals surface area contributed by atoms with E-state index in [1.54, 1.807) is 0 Å². The zero-order valence-electron chi connectivity index (χ0n) is 11.2. The van der Waals surface area contributed by atoms with Crippen LogP contribution in [0.1, 0.15) is 25.1 Å². The molecule has 1 aromatic heterocycles. The summed E-state index contributed by atoms with van der Waals surface area (Å²) in [6.45, 7) is 7.41. The van der Waals surface area contributed by atoms with Gasteiger partial charge in [-0.15, -0.1) is 11.3 Å². The SMILES string of the molecule is CCN(CC)CCCNS(=O)(=O)c1ccc(C#N)s1. The third kappa shape index (κ3) is 4.91. The Balaban J connectivity index is 2.46. The van der Waals surface area contributed by atoms with Crippen molar-refractivity contribution in [3.05, 3.63) is 17.0 Å². The normalized spacial score (nSPS) is 11.7. The van der Waals surface area contributed by atoms with Crippen LogP contribution in [0.15, 0.2) is 16.3 Å². The number of sulfonamides is 1. The first-order valence-electron chi connectivity index (χ1n) is 6.25. The van der Waals surface area contributed by atoms with Crippen molar-refractivity contribution in [1.29, 1.82) is 5.26 Å². The van der Waals surface area contributed by atoms with Crippen LogP contribution in [0.5, 0.6) is 0 Å². The van der Waals surface area contributed by atoms with Crippen molar-refractivity contribution in [2.24, 2.45) is 0 Å². The van der Waals surface area contributed by atoms with Gasteiger partial charge in [-0.05, 0) is 38.2 Å². The number of nitrogens with zero attached hydrogens (tertiary/aromatic N) is 2. The molecule has 0 atom stereocenters. The number of nitriles is 1. The molecule has 0 fully saturated rings. The first-order chi connectivity index (χ1) is 9.03. The lowest BCUT2D eigenvalue weighted by atomic mass is 10.4. The standard InChI is InChI=1S/C12H19N3O2S2/c1-3-15(4-2)9-5-8-14-19(16,17)12-7-6-11(10-13)18-12/h6-7,14H,3-5,8-9H2,1-2H3. The van der Waals surface area contributed by atoms with E-state index in [0.717, 1.165) is 37.4 Å². The second-order valence-corrected chi connectivity index (χ2v) is 7.09. The van der Waals surface area contributed by atoms with Gasteiger partial charge in [0.05, 0.1) is 0 Å². The predicted octanol–water partition coefficient (Wildman–Crippen LogP) is 1.63. The Morgan fingerprint density at radius 3 is 2.58 bits per heavy atom. The van der Waals surface area contributed by atoms with Gasteiger partial charge in [0.1, 0.15) is 15.2 Å². The van der Waals surface area contributed by atoms with Crippen molar-refractivity contribution < 1.29 is 8.42 Å². The molecule has 0 saturated carbocycles. The number of thiophene rings is 1. The Labute approximate surface area is 118 Å². The van der Waals surface area contributed by atoms with Gasteiger partial charge in [0.15, 0.2) is 0 Å². The fraction of sp³-hybridized carbons (Fsp3) is 0.583. The molecule has 1 heterocycles. The average Bonchev–Trinajstić information content (AvgIpc) is 2.88. The minimum atomic E-state index is -3.46. The molecule has 0 spiro atoms. The molecule has 0 aliphatic rings. The zero-order valence-corrected chi connectivity index (χ0v) is 12.9. The van der Waals surface area contributed by atoms with Crippen LogP contribution in [0, 0.1) is 11.3 Å². The lowest BCUT2D eigenvalue weighted by Gasteiger charge is -2.17. The number of hydrogen-bond donors (Lipinski definition) is 1. The van der Waals surface area contributed by atoms with Crippen molar-refractivity contribution in [1.82, 2.24) is 9.62 Å². The van der Waals surface area contributed by atoms with E-state index in [4.69, 9.17) is 5.26 Å². The molecule has 0 bridgehead atoms. The molecular formula is C12H19N3O2S2. The first-order valence-corrected chi connectivity index (χ1v) is 8.55. The van der Waals surface area contributed by atoms with Gasteiger partial charge in [0.25, 0.3) is 0 Å². The molecule has 106 valence electrons. The first kappa shape index (κ1) is 16.1. The highest BCUT2D eigenvalue weighted by atomic mass is 32.2. The Morgan fingerprint density at radius 2 is 2.05 bits per heavy atom. The Bertz CT molecular complexity index is 527. The molecule has 0 unspecified atom stereocenters. The molecule has 5 nitrogen and oxygen atoms in total. The van der Waals surface area contributed by atoms with Gasteiger partial charge in [0.2, 0.25) is 10.0 Å². The summed E-state index contributed by atoms with van der Waals surface area (Å²) in [5, 5.41) is 8.69. The third-order valence-corrected chi connectivity index (χ3v) is 5.74. The zero-order chi connectivity index (χ0) is 14.3. The molecule has 0 radical (unpaired) electrons. The van der Waals surface area contributed by atoms with E-state index in [2.05, 4.69) is 23.5 Å². The van der Waals surface area contributed by atoms with E-state index in [9.17, 15) is 8.42 Å². The fourth-order valence-electron chi connectivity index (χ4n) is 1.64. The van der Waals surface area contributed by atoms with Gasteiger partial charge in [-0.2, -0.15) is 5.26 Å². The summed E-state index contributed by atoms with van der Waals surface area (Å²) in [5.41, 5.74) is 0. The van der Waals surface area contributed by atoms with Crippen LogP contribution in [-0.4, -0.2) is 39.5 Å². The van der Waals surface area contributed by atoms with Crippen LogP contribution in [0.25, 0.3) is 0 Å². The third-order valence-electron chi connectivity index (χ3n) is 2.79. The lowest BCUT2D eigenvalue weighted by Crippen LogP contribution is -2.29. The van der Waals surface area contributed by atoms with Gasteiger partial charge in [0, 0.05) is 6.54 Å². The van der Waals surface area contributed by atoms with Gasteiger partial charge in [-0.3, -0.25) is 0 Å². The number of nitrogens with one attached hydrogen (secondary N) is 1. The maximum Gasteiger partial charge on any atom is 0.250 e. The van der Waals surface area contributed by atoms with Crippen LogP contribution in [0.4, 0.5) is 0 Å². The van der Waals surface area contributed by atoms with Crippen molar-refractivity contribution in [2.75, 3.05) is 26.2 Å². The summed E-state index contributed by atoms with van der Waals surface area (Å²) in [5.74, 6) is 0. The molecule has 0 aliphatic heterocycles. The molecule has 19 heavy (non-hydrogen) atoms. The smallest absolute Gasteiger partial charge is 0.250 e. The second kappa shape index (κ2) is 7.60. The number of hydrogen-bond acceptors (Lipinski definition) is 5. The largest absolute Gasteiger partial charge is 0.304 e. The lowest BCUT2D eigenvalue weighted by molar-refractivity contribution is 0.300. The summed E-state index contributed by atoms with van der Waals surface area (Å²) < 4.78 is 26.6. The summed E-state index contributed by atoms with van der Waals surface area (Å²) in [4.78, 5) is 2.65. The van der Waals surface area contributed by atoms with E-state index in [1.807, 2.05) is 6.07 Å². The quantitative estimate of drug-likeness (QED) is 0.741. The minimum absolute atomic E-state index is 0.201. The molecule has 1 rings (SSSR count). The molecule has 1 N–H and O–H groups in total. The molecule has 0 saturated heterocycles. The van der Waals surface area contributed by atoms with Crippen LogP contribution >= 0.6 is 11.3 Å². The highest BCUT2D eigenvalue weighted by Crippen LogP contribution is 2.20. The van der Waals surface area contributed by atoms with Crippen molar-refractivity contribution in [3.8, 4) is 6.07 Å². The molecule has 0 aromatic carbocycles. The highest BCUT2D eigenvalue weighted by Gasteiger charge is 2.16. The molecular weight excluding hydrogens is 282 g/mol. The maximum atomic E-state index is 11.9. The van der Waals surface area contributed by atoms with Crippen molar-refractivity contribution in [3.63, 3.8) is 0 Å². The topological polar surface area (TPSA) is 73.2 Å². The monoisotopic (exact) mass is 301 g/mol. The fourth-order valence-corrected chi connectivity index (χ4v) is 3.87. The van der Waals surface area contributed by atoms with E-state index in [1.165, 1.54) is 12.1 Å². The second-order valence-electron chi connectivity index (χ2n) is 4.01. The molecule has 0 aliphatic carbocycles. The molecule has 7 heteroatoms. The van der Waals surface area contributed by atoms with Crippen LogP contribution in [-0.2, 0) is 10.0 Å². The molecule has 0 amide bonds. The average molecular weight is 301 g/mol. The summed E-state index contributed by atoms with van der Waals surface area (Å²) in [7, 11) is -3.46. The van der Waals surface area contributed by atoms with Gasteiger partial charge in [-0.25, -0.2) is 13.1 Å². The summed E-state index contributed by atoms with van der Waals surface area (Å²) >= 11 is 0.991. The van der Waals surface area contributed by atoms with Gasteiger partial charge in [-0.1, -0.05) is 13.8 Å². The Morgan fingerprint density at radius 1 is 1.37 bits per heavy atom. The van der Waals surface area contributed by atoms with E-state index < -0.39 is 10.0 Å². The van der Waals surface area contributed by atoms with Crippen molar-refractivity contribution >= 4 is 21.4 Å². The van der Waals surface area contributed by atoms with E-state index in [-0.39, 0.29) is 4.21 Å². The maximum absolute atomic E-state index is 11.9. The number of rotatable bonds is 8. The van der Waals surface area contributed by atoms with Gasteiger partial charge >= 0.3 is 0 Å². The molecule has 1 aromatic rings. The Kier molecular flexibility index (Phi) is 6.45. The van der Waals surface area contributed by atoms with E-state index in [0.29, 0.717) is 11.4 Å². The highest BCUT2D eigenvalue weighted by molar-refractivity contribution is 7.91. The summed E-state index contributed by atoms with van der Waals surface area (Å²) in [6, 6.07) is 4.93. The van der Waals surface area contributed by atoms with Crippen LogP contribution < -0.4 is 4.72 Å². The minimum Gasteiger partial charge on any atom is -0.304 e. The summed E-state index contributed by atoms with van der Waals surface area (Å²) in [6.07, 6.45) is 0.775. The van der Waals surface area contributed by atoms with Crippen LogP contribution in [0.3, 0.4) is 0 Å². The Hall–Kier alpha value is -0.940. The predicted molar refractivity (Wildman–Crippen MR) is 76.6 cm³/mol. The van der Waals surface area contributed by atoms with E-state index >= 15 is 0 Å². The van der Waals surface area contributed by atoms with Crippen LogP contribution in [0.2, 0.25) is 0 Å². The van der Waals surface area contributed by atoms with Gasteiger partial charge < -0.3 is 4.90 Å².